The lowest BCUT2D eigenvalue weighted by molar-refractivity contribution is -0.134. The largest absolute Gasteiger partial charge is 0.463 e. The number of esters is 1. The quantitative estimate of drug-likeness (QED) is 0.639. The van der Waals surface area contributed by atoms with Gasteiger partial charge in [-0.1, -0.05) is 18.2 Å². The summed E-state index contributed by atoms with van der Waals surface area (Å²) in [6, 6.07) is 8.62. The summed E-state index contributed by atoms with van der Waals surface area (Å²) in [5.74, 6) is -1.35. The zero-order valence-electron chi connectivity index (χ0n) is 13.7. The summed E-state index contributed by atoms with van der Waals surface area (Å²) in [5, 5.41) is 0. The van der Waals surface area contributed by atoms with Crippen LogP contribution in [0.1, 0.15) is 45.9 Å². The van der Waals surface area contributed by atoms with Gasteiger partial charge in [-0.05, 0) is 31.5 Å². The monoisotopic (exact) mass is 327 g/mol. The van der Waals surface area contributed by atoms with E-state index in [0.29, 0.717) is 16.7 Å². The van der Waals surface area contributed by atoms with Crippen molar-refractivity contribution in [3.63, 3.8) is 0 Å². The normalized spacial score (nSPS) is 16.0. The summed E-state index contributed by atoms with van der Waals surface area (Å²) in [6.45, 7) is 3.52. The molecule has 0 saturated carbocycles. The van der Waals surface area contributed by atoms with E-state index in [-0.39, 0.29) is 24.1 Å². The molecule has 124 valence electrons. The molecular formula is C18H17NO5. The highest BCUT2D eigenvalue weighted by atomic mass is 16.5. The van der Waals surface area contributed by atoms with Crippen LogP contribution in [0, 0.1) is 0 Å². The highest BCUT2D eigenvalue weighted by Crippen LogP contribution is 2.35. The van der Waals surface area contributed by atoms with Crippen LogP contribution in [-0.2, 0) is 21.5 Å². The number of hydrogen-bond acceptors (Lipinski definition) is 5. The highest BCUT2D eigenvalue weighted by molar-refractivity contribution is 6.12. The van der Waals surface area contributed by atoms with Crippen molar-refractivity contribution in [2.75, 3.05) is 7.11 Å². The first-order valence-electron chi connectivity index (χ1n) is 7.48. The first-order chi connectivity index (χ1) is 11.4. The van der Waals surface area contributed by atoms with Gasteiger partial charge in [0, 0.05) is 11.1 Å². The zero-order chi connectivity index (χ0) is 17.5. The highest BCUT2D eigenvalue weighted by Gasteiger charge is 2.44. The summed E-state index contributed by atoms with van der Waals surface area (Å²) in [6.07, 6.45) is 1.33. The molecule has 1 aliphatic rings. The van der Waals surface area contributed by atoms with E-state index >= 15 is 0 Å². The molecule has 1 aromatic carbocycles. The molecule has 2 aromatic rings. The fourth-order valence-electron chi connectivity index (χ4n) is 2.95. The third-order valence-corrected chi connectivity index (χ3v) is 4.30. The van der Waals surface area contributed by atoms with Gasteiger partial charge in [0.1, 0.15) is 0 Å². The van der Waals surface area contributed by atoms with E-state index in [1.54, 1.807) is 38.1 Å². The fraction of sp³-hybridized carbons (Fsp3) is 0.278. The van der Waals surface area contributed by atoms with E-state index in [1.807, 2.05) is 6.07 Å². The van der Waals surface area contributed by atoms with Gasteiger partial charge in [-0.3, -0.25) is 14.5 Å². The Balaban J connectivity index is 2.01. The van der Waals surface area contributed by atoms with Crippen LogP contribution >= 0.6 is 0 Å². The lowest BCUT2D eigenvalue weighted by Crippen LogP contribution is -2.51. The molecule has 0 aliphatic carbocycles. The van der Waals surface area contributed by atoms with Gasteiger partial charge in [-0.2, -0.15) is 0 Å². The van der Waals surface area contributed by atoms with Crippen LogP contribution < -0.4 is 0 Å². The Morgan fingerprint density at radius 2 is 1.92 bits per heavy atom. The molecule has 1 aromatic heterocycles. The Kier molecular flexibility index (Phi) is 3.75. The Labute approximate surface area is 139 Å². The van der Waals surface area contributed by atoms with Gasteiger partial charge in [-0.25, -0.2) is 4.79 Å². The molecule has 2 amide bonds. The number of fused-ring (bicyclic) bond motifs is 1. The van der Waals surface area contributed by atoms with Crippen molar-refractivity contribution in [3.05, 3.63) is 59.0 Å². The van der Waals surface area contributed by atoms with Gasteiger partial charge >= 0.3 is 5.97 Å². The van der Waals surface area contributed by atoms with E-state index in [0.717, 1.165) is 4.90 Å². The van der Waals surface area contributed by atoms with Crippen LogP contribution in [-0.4, -0.2) is 29.8 Å². The van der Waals surface area contributed by atoms with Crippen LogP contribution in [0.15, 0.2) is 41.0 Å². The second-order valence-corrected chi connectivity index (χ2v) is 6.13. The number of imide groups is 1. The summed E-state index contributed by atoms with van der Waals surface area (Å²) < 4.78 is 9.78. The summed E-state index contributed by atoms with van der Waals surface area (Å²) in [7, 11) is 1.24. The molecule has 0 saturated heterocycles. The Morgan fingerprint density at radius 3 is 2.62 bits per heavy atom. The first kappa shape index (κ1) is 16.0. The van der Waals surface area contributed by atoms with Gasteiger partial charge in [0.05, 0.1) is 25.3 Å². The maximum absolute atomic E-state index is 12.9. The van der Waals surface area contributed by atoms with E-state index in [1.165, 1.54) is 13.4 Å². The van der Waals surface area contributed by atoms with Crippen LogP contribution in [0.25, 0.3) is 0 Å². The molecule has 3 rings (SSSR count). The van der Waals surface area contributed by atoms with Crippen molar-refractivity contribution in [3.8, 4) is 0 Å². The van der Waals surface area contributed by atoms with Crippen LogP contribution in [0.2, 0.25) is 0 Å². The van der Waals surface area contributed by atoms with Gasteiger partial charge < -0.3 is 9.15 Å². The summed E-state index contributed by atoms with van der Waals surface area (Å²) in [5.41, 5.74) is 0.792. The number of carbonyl (C=O) groups is 3. The number of furan rings is 1. The van der Waals surface area contributed by atoms with Crippen LogP contribution in [0.3, 0.4) is 0 Å². The summed E-state index contributed by atoms with van der Waals surface area (Å²) in [4.78, 5) is 38.5. The second kappa shape index (κ2) is 5.63. The Morgan fingerprint density at radius 1 is 1.21 bits per heavy atom. The molecular weight excluding hydrogens is 310 g/mol. The lowest BCUT2D eigenvalue weighted by Gasteiger charge is -2.37. The number of ether oxygens (including phenoxy) is 1. The Hall–Kier alpha value is -2.89. The third-order valence-electron chi connectivity index (χ3n) is 4.30. The molecule has 24 heavy (non-hydrogen) atoms. The second-order valence-electron chi connectivity index (χ2n) is 6.13. The molecule has 0 spiro atoms. The number of rotatable bonds is 3. The van der Waals surface area contributed by atoms with Gasteiger partial charge in [0.2, 0.25) is 11.7 Å². The van der Waals surface area contributed by atoms with Crippen LogP contribution in [0.5, 0.6) is 0 Å². The third kappa shape index (κ3) is 2.31. The predicted octanol–water partition coefficient (Wildman–Crippen LogP) is 2.53. The van der Waals surface area contributed by atoms with E-state index in [9.17, 15) is 14.4 Å². The Bertz CT molecular complexity index is 833. The molecule has 0 atom stereocenters. The molecule has 6 nitrogen and oxygen atoms in total. The zero-order valence-corrected chi connectivity index (χ0v) is 13.7. The molecule has 0 N–H and O–H groups in total. The SMILES string of the molecule is COC(=O)c1occc1CN1C(=O)c2ccccc2C(C)(C)C1=O. The van der Waals surface area contributed by atoms with Crippen molar-refractivity contribution in [1.29, 1.82) is 0 Å². The minimum absolute atomic E-state index is 0.00485. The number of methoxy groups -OCH3 is 1. The smallest absolute Gasteiger partial charge is 0.374 e. The molecule has 6 heteroatoms. The average molecular weight is 327 g/mol. The maximum atomic E-state index is 12.9. The molecule has 1 aliphatic heterocycles. The molecule has 2 heterocycles. The van der Waals surface area contributed by atoms with E-state index in [2.05, 4.69) is 4.74 Å². The molecule has 0 bridgehead atoms. The summed E-state index contributed by atoms with van der Waals surface area (Å²) >= 11 is 0. The van der Waals surface area contributed by atoms with Crippen molar-refractivity contribution < 1.29 is 23.5 Å². The number of amides is 2. The lowest BCUT2D eigenvalue weighted by atomic mass is 9.77. The molecule has 0 unspecified atom stereocenters. The van der Waals surface area contributed by atoms with E-state index < -0.39 is 11.4 Å². The topological polar surface area (TPSA) is 76.8 Å². The van der Waals surface area contributed by atoms with Crippen molar-refractivity contribution in [2.24, 2.45) is 0 Å². The van der Waals surface area contributed by atoms with E-state index in [4.69, 9.17) is 4.42 Å². The minimum atomic E-state index is -0.834. The fourth-order valence-corrected chi connectivity index (χ4v) is 2.95. The molecule has 0 fully saturated rings. The average Bonchev–Trinajstić information content (AvgIpc) is 3.05. The van der Waals surface area contributed by atoms with Gasteiger partial charge in [-0.15, -0.1) is 0 Å². The van der Waals surface area contributed by atoms with Gasteiger partial charge in [0.15, 0.2) is 0 Å². The van der Waals surface area contributed by atoms with Gasteiger partial charge in [0.25, 0.3) is 5.91 Å². The number of nitrogens with zero attached hydrogens (tertiary/aromatic N) is 1. The molecule has 0 radical (unpaired) electrons. The van der Waals surface area contributed by atoms with Crippen molar-refractivity contribution >= 4 is 17.8 Å². The standard InChI is InChI=1S/C18H17NO5/c1-18(2)13-7-5-4-6-12(13)15(20)19(17(18)22)10-11-8-9-24-14(11)16(21)23-3/h4-9H,10H2,1-3H3. The number of benzene rings is 1. The van der Waals surface area contributed by atoms with Crippen molar-refractivity contribution in [2.45, 2.75) is 25.8 Å². The predicted molar refractivity (Wildman–Crippen MR) is 84.4 cm³/mol. The van der Waals surface area contributed by atoms with Crippen molar-refractivity contribution in [1.82, 2.24) is 4.90 Å². The number of hydrogen-bond donors (Lipinski definition) is 0. The minimum Gasteiger partial charge on any atom is -0.463 e. The maximum Gasteiger partial charge on any atom is 0.374 e. The van der Waals surface area contributed by atoms with Crippen LogP contribution in [0.4, 0.5) is 0 Å². The first-order valence-corrected chi connectivity index (χ1v) is 7.48. The number of carbonyl (C=O) groups excluding carboxylic acids is 3.